The van der Waals surface area contributed by atoms with Crippen LogP contribution < -0.4 is 19.7 Å². The minimum Gasteiger partial charge on any atom is -0.495 e. The van der Waals surface area contributed by atoms with Gasteiger partial charge in [0.25, 0.3) is 0 Å². The number of anilines is 2. The molecule has 0 spiro atoms. The van der Waals surface area contributed by atoms with E-state index >= 15 is 0 Å². The molecule has 3 amide bonds. The first-order valence-corrected chi connectivity index (χ1v) is 12.1. The average molecular weight is 471 g/mol. The van der Waals surface area contributed by atoms with Crippen molar-refractivity contribution >= 4 is 33.3 Å². The molecule has 10 heteroatoms. The third kappa shape index (κ3) is 5.81. The van der Waals surface area contributed by atoms with E-state index in [0.29, 0.717) is 22.6 Å². The Balaban J connectivity index is 2.15. The summed E-state index contributed by atoms with van der Waals surface area (Å²) in [6, 6.07) is 4.69. The number of rotatable bonds is 4. The molecular weight excluding hydrogens is 444 g/mol. The number of nitrogens with zero attached hydrogens (tertiary/aromatic N) is 2. The lowest BCUT2D eigenvalue weighted by atomic mass is 9.84. The third-order valence-corrected chi connectivity index (χ3v) is 5.49. The number of methoxy groups -OCH3 is 1. The van der Waals surface area contributed by atoms with Gasteiger partial charge in [0.2, 0.25) is 15.9 Å². The molecule has 33 heavy (non-hydrogen) atoms. The summed E-state index contributed by atoms with van der Waals surface area (Å²) in [5.74, 6) is 6.28. The molecule has 3 rings (SSSR count). The molecule has 0 unspecified atom stereocenters. The van der Waals surface area contributed by atoms with Crippen molar-refractivity contribution in [3.05, 3.63) is 47.3 Å². The van der Waals surface area contributed by atoms with Crippen molar-refractivity contribution in [1.29, 1.82) is 0 Å². The Bertz CT molecular complexity index is 1270. The Kier molecular flexibility index (Phi) is 6.65. The summed E-state index contributed by atoms with van der Waals surface area (Å²) < 4.78 is 31.5. The maximum Gasteiger partial charge on any atom is 0.328 e. The van der Waals surface area contributed by atoms with Crippen LogP contribution in [-0.4, -0.2) is 45.3 Å². The number of aromatic nitrogens is 1. The van der Waals surface area contributed by atoms with Crippen LogP contribution in [0, 0.1) is 11.8 Å². The van der Waals surface area contributed by atoms with E-state index < -0.39 is 16.1 Å². The Labute approximate surface area is 193 Å². The second-order valence-electron chi connectivity index (χ2n) is 8.62. The molecule has 1 aromatic carbocycles. The number of pyridine rings is 1. The summed E-state index contributed by atoms with van der Waals surface area (Å²) in [5.41, 5.74) is 2.29. The van der Waals surface area contributed by atoms with Gasteiger partial charge in [0.15, 0.2) is 0 Å². The fourth-order valence-electron chi connectivity index (χ4n) is 3.37. The van der Waals surface area contributed by atoms with E-state index in [-0.39, 0.29) is 30.0 Å². The van der Waals surface area contributed by atoms with Gasteiger partial charge in [-0.1, -0.05) is 32.6 Å². The van der Waals surface area contributed by atoms with Gasteiger partial charge in [-0.3, -0.25) is 24.7 Å². The van der Waals surface area contributed by atoms with Crippen LogP contribution in [-0.2, 0) is 20.2 Å². The average Bonchev–Trinajstić information content (AvgIpc) is 2.70. The summed E-state index contributed by atoms with van der Waals surface area (Å²) in [4.78, 5) is 29.5. The van der Waals surface area contributed by atoms with Gasteiger partial charge in [-0.25, -0.2) is 13.2 Å². The van der Waals surface area contributed by atoms with E-state index in [1.807, 2.05) is 26.8 Å². The molecule has 0 bridgehead atoms. The van der Waals surface area contributed by atoms with E-state index in [1.165, 1.54) is 17.3 Å². The fourth-order valence-corrected chi connectivity index (χ4v) is 3.93. The molecule has 0 aliphatic carbocycles. The predicted molar refractivity (Wildman–Crippen MR) is 126 cm³/mol. The second-order valence-corrected chi connectivity index (χ2v) is 10.4. The molecule has 0 atom stereocenters. The van der Waals surface area contributed by atoms with Crippen LogP contribution in [0.2, 0.25) is 0 Å². The number of imide groups is 1. The van der Waals surface area contributed by atoms with Crippen molar-refractivity contribution in [3.8, 4) is 17.6 Å². The standard InChI is InChI=1S/C23H26N4O5S/c1-23(2,3)18-13-17(27-11-9-20(28)25-22(27)29)12-16(21(18)32-4)7-6-15-8-10-24-14-19(15)26-33(5,30)31/h8,10,12-14,26H,9,11H2,1-5H3,(H,25,28,29). The van der Waals surface area contributed by atoms with Crippen LogP contribution in [0.25, 0.3) is 0 Å². The molecule has 1 fully saturated rings. The highest BCUT2D eigenvalue weighted by Crippen LogP contribution is 2.38. The number of hydrogen-bond donors (Lipinski definition) is 2. The van der Waals surface area contributed by atoms with Crippen LogP contribution in [0.1, 0.15) is 43.9 Å². The van der Waals surface area contributed by atoms with Crippen LogP contribution >= 0.6 is 0 Å². The number of benzene rings is 1. The van der Waals surface area contributed by atoms with Crippen molar-refractivity contribution in [3.63, 3.8) is 0 Å². The molecule has 1 aromatic heterocycles. The summed E-state index contributed by atoms with van der Waals surface area (Å²) in [6.45, 7) is 6.30. The van der Waals surface area contributed by atoms with Gasteiger partial charge in [0.1, 0.15) is 5.75 Å². The zero-order valence-electron chi connectivity index (χ0n) is 19.1. The molecule has 9 nitrogen and oxygen atoms in total. The number of nitrogens with one attached hydrogen (secondary N) is 2. The highest BCUT2D eigenvalue weighted by atomic mass is 32.2. The van der Waals surface area contributed by atoms with Crippen molar-refractivity contribution in [1.82, 2.24) is 10.3 Å². The molecule has 2 heterocycles. The first kappa shape index (κ1) is 24.1. The topological polar surface area (TPSA) is 118 Å². The SMILES string of the molecule is COc1c(C#Cc2ccncc2NS(C)(=O)=O)cc(N2CCC(=O)NC2=O)cc1C(C)(C)C. The number of ether oxygens (including phenoxy) is 1. The molecule has 0 radical (unpaired) electrons. The molecular formula is C23H26N4O5S. The van der Waals surface area contributed by atoms with Gasteiger partial charge < -0.3 is 4.74 Å². The van der Waals surface area contributed by atoms with E-state index in [4.69, 9.17) is 4.74 Å². The Morgan fingerprint density at radius 1 is 1.18 bits per heavy atom. The number of hydrogen-bond acceptors (Lipinski definition) is 6. The molecule has 1 aliphatic heterocycles. The molecule has 2 N–H and O–H groups in total. The van der Waals surface area contributed by atoms with Gasteiger partial charge in [-0.05, 0) is 23.6 Å². The van der Waals surface area contributed by atoms with E-state index in [1.54, 1.807) is 19.2 Å². The van der Waals surface area contributed by atoms with Crippen molar-refractivity contribution in [2.45, 2.75) is 32.6 Å². The largest absolute Gasteiger partial charge is 0.495 e. The maximum atomic E-state index is 12.4. The highest BCUT2D eigenvalue weighted by Gasteiger charge is 2.28. The first-order valence-electron chi connectivity index (χ1n) is 10.2. The number of sulfonamides is 1. The zero-order valence-corrected chi connectivity index (χ0v) is 20.0. The van der Waals surface area contributed by atoms with Crippen LogP contribution in [0.4, 0.5) is 16.2 Å². The summed E-state index contributed by atoms with van der Waals surface area (Å²) >= 11 is 0. The molecule has 2 aromatic rings. The van der Waals surface area contributed by atoms with Crippen LogP contribution in [0.3, 0.4) is 0 Å². The lowest BCUT2D eigenvalue weighted by molar-refractivity contribution is -0.120. The number of carbonyl (C=O) groups is 2. The minimum absolute atomic E-state index is 0.196. The third-order valence-electron chi connectivity index (χ3n) is 4.90. The smallest absolute Gasteiger partial charge is 0.328 e. The maximum absolute atomic E-state index is 12.4. The van der Waals surface area contributed by atoms with Gasteiger partial charge in [-0.15, -0.1) is 0 Å². The van der Waals surface area contributed by atoms with Crippen molar-refractivity contribution in [2.75, 3.05) is 29.5 Å². The molecule has 174 valence electrons. The lowest BCUT2D eigenvalue weighted by Gasteiger charge is -2.30. The van der Waals surface area contributed by atoms with E-state index in [0.717, 1.165) is 11.8 Å². The molecule has 1 saturated heterocycles. The Morgan fingerprint density at radius 2 is 1.88 bits per heavy atom. The van der Waals surface area contributed by atoms with Crippen LogP contribution in [0.5, 0.6) is 5.75 Å². The van der Waals surface area contributed by atoms with Crippen molar-refractivity contribution < 1.29 is 22.7 Å². The summed E-state index contributed by atoms with van der Waals surface area (Å²) in [5, 5.41) is 2.33. The Morgan fingerprint density at radius 3 is 2.48 bits per heavy atom. The minimum atomic E-state index is -3.51. The normalized spacial score (nSPS) is 14.3. The second kappa shape index (κ2) is 9.11. The molecule has 0 saturated carbocycles. The molecule has 1 aliphatic rings. The van der Waals surface area contributed by atoms with Gasteiger partial charge in [0.05, 0.1) is 36.4 Å². The predicted octanol–water partition coefficient (Wildman–Crippen LogP) is 2.61. The van der Waals surface area contributed by atoms with Crippen LogP contribution in [0.15, 0.2) is 30.6 Å². The van der Waals surface area contributed by atoms with Gasteiger partial charge in [0, 0.05) is 30.4 Å². The van der Waals surface area contributed by atoms with Gasteiger partial charge in [-0.2, -0.15) is 0 Å². The lowest BCUT2D eigenvalue weighted by Crippen LogP contribution is -2.49. The van der Waals surface area contributed by atoms with Gasteiger partial charge >= 0.3 is 6.03 Å². The fraction of sp³-hybridized carbons (Fsp3) is 0.348. The van der Waals surface area contributed by atoms with E-state index in [9.17, 15) is 18.0 Å². The number of amides is 3. The summed E-state index contributed by atoms with van der Waals surface area (Å²) in [6.07, 6.45) is 4.14. The highest BCUT2D eigenvalue weighted by molar-refractivity contribution is 7.92. The number of carbonyl (C=O) groups excluding carboxylic acids is 2. The zero-order chi connectivity index (χ0) is 24.4. The summed E-state index contributed by atoms with van der Waals surface area (Å²) in [7, 11) is -1.97. The quantitative estimate of drug-likeness (QED) is 0.664. The first-order chi connectivity index (χ1) is 15.4. The van der Waals surface area contributed by atoms with E-state index in [2.05, 4.69) is 26.9 Å². The number of urea groups is 1. The van der Waals surface area contributed by atoms with Crippen molar-refractivity contribution in [2.24, 2.45) is 0 Å². The monoisotopic (exact) mass is 470 g/mol. The Hall–Kier alpha value is -3.58.